The van der Waals surface area contributed by atoms with Gasteiger partial charge in [0, 0.05) is 36.3 Å². The lowest BCUT2D eigenvalue weighted by Gasteiger charge is -2.32. The van der Waals surface area contributed by atoms with Gasteiger partial charge in [-0.3, -0.25) is 9.78 Å². The third-order valence-corrected chi connectivity index (χ3v) is 4.93. The molecule has 0 aliphatic carbocycles. The van der Waals surface area contributed by atoms with Crippen molar-refractivity contribution in [3.8, 4) is 0 Å². The maximum absolute atomic E-state index is 12.6. The molecule has 1 atom stereocenters. The summed E-state index contributed by atoms with van der Waals surface area (Å²) in [6.45, 7) is 7.94. The van der Waals surface area contributed by atoms with E-state index in [0.29, 0.717) is 11.7 Å². The SMILES string of the molecule is CC(C)(C)c1csc(NC(=O)[C@H]2CCCN(c3cnccn3)C2)n1. The first-order valence-corrected chi connectivity index (χ1v) is 9.09. The van der Waals surface area contributed by atoms with E-state index in [-0.39, 0.29) is 17.2 Å². The zero-order valence-electron chi connectivity index (χ0n) is 14.3. The van der Waals surface area contributed by atoms with Crippen molar-refractivity contribution in [1.29, 1.82) is 0 Å². The highest BCUT2D eigenvalue weighted by atomic mass is 32.1. The van der Waals surface area contributed by atoms with Crippen LogP contribution in [0.5, 0.6) is 0 Å². The van der Waals surface area contributed by atoms with Crippen molar-refractivity contribution >= 4 is 28.2 Å². The summed E-state index contributed by atoms with van der Waals surface area (Å²) in [6.07, 6.45) is 6.95. The number of nitrogens with zero attached hydrogens (tertiary/aromatic N) is 4. The number of hydrogen-bond acceptors (Lipinski definition) is 6. The maximum Gasteiger partial charge on any atom is 0.231 e. The van der Waals surface area contributed by atoms with Crippen molar-refractivity contribution in [3.05, 3.63) is 29.7 Å². The molecule has 1 amide bonds. The monoisotopic (exact) mass is 345 g/mol. The van der Waals surface area contributed by atoms with Gasteiger partial charge in [-0.1, -0.05) is 20.8 Å². The third kappa shape index (κ3) is 3.90. The topological polar surface area (TPSA) is 71.0 Å². The summed E-state index contributed by atoms with van der Waals surface area (Å²) in [5.41, 5.74) is 1.00. The van der Waals surface area contributed by atoms with Gasteiger partial charge in [0.2, 0.25) is 5.91 Å². The van der Waals surface area contributed by atoms with E-state index in [4.69, 9.17) is 0 Å². The standard InChI is InChI=1S/C17H23N5OS/c1-17(2,3)13-11-24-16(20-13)21-15(23)12-5-4-8-22(10-12)14-9-18-6-7-19-14/h6-7,9,11-12H,4-5,8,10H2,1-3H3,(H,20,21,23)/t12-/m0/s1. The molecule has 2 aromatic heterocycles. The van der Waals surface area contributed by atoms with Crippen LogP contribution in [-0.4, -0.2) is 33.9 Å². The molecule has 2 aromatic rings. The first kappa shape index (κ1) is 16.8. The Hall–Kier alpha value is -2.02. The number of amides is 1. The third-order valence-electron chi connectivity index (χ3n) is 4.17. The largest absolute Gasteiger partial charge is 0.355 e. The van der Waals surface area contributed by atoms with Crippen LogP contribution in [0.15, 0.2) is 24.0 Å². The molecule has 0 radical (unpaired) electrons. The van der Waals surface area contributed by atoms with E-state index in [1.165, 1.54) is 11.3 Å². The summed E-state index contributed by atoms with van der Waals surface area (Å²) in [6, 6.07) is 0. The van der Waals surface area contributed by atoms with Crippen LogP contribution in [0.3, 0.4) is 0 Å². The Bertz CT molecular complexity index is 695. The van der Waals surface area contributed by atoms with E-state index in [1.54, 1.807) is 18.6 Å². The van der Waals surface area contributed by atoms with Crippen LogP contribution in [0.4, 0.5) is 10.9 Å². The van der Waals surface area contributed by atoms with Crippen LogP contribution >= 0.6 is 11.3 Å². The van der Waals surface area contributed by atoms with Gasteiger partial charge in [-0.25, -0.2) is 9.97 Å². The zero-order valence-corrected chi connectivity index (χ0v) is 15.1. The summed E-state index contributed by atoms with van der Waals surface area (Å²) >= 11 is 1.49. The molecule has 128 valence electrons. The first-order valence-electron chi connectivity index (χ1n) is 8.21. The van der Waals surface area contributed by atoms with E-state index in [1.807, 2.05) is 5.38 Å². The number of thiazole rings is 1. The molecule has 6 nitrogen and oxygen atoms in total. The number of nitrogens with one attached hydrogen (secondary N) is 1. The van der Waals surface area contributed by atoms with E-state index < -0.39 is 0 Å². The van der Waals surface area contributed by atoms with Crippen molar-refractivity contribution in [1.82, 2.24) is 15.0 Å². The zero-order chi connectivity index (χ0) is 17.2. The number of piperidine rings is 1. The molecule has 3 rings (SSSR count). The van der Waals surface area contributed by atoms with E-state index in [0.717, 1.165) is 30.9 Å². The Morgan fingerprint density at radius 1 is 1.38 bits per heavy atom. The normalized spacial score (nSPS) is 18.5. The Labute approximate surface area is 146 Å². The molecule has 1 saturated heterocycles. The van der Waals surface area contributed by atoms with Gasteiger partial charge in [0.05, 0.1) is 17.8 Å². The maximum atomic E-state index is 12.6. The molecule has 1 N–H and O–H groups in total. The second kappa shape index (κ2) is 6.84. The van der Waals surface area contributed by atoms with Crippen molar-refractivity contribution in [2.45, 2.75) is 39.0 Å². The van der Waals surface area contributed by atoms with Gasteiger partial charge in [-0.15, -0.1) is 11.3 Å². The second-order valence-electron chi connectivity index (χ2n) is 7.13. The molecule has 1 aliphatic rings. The van der Waals surface area contributed by atoms with Crippen LogP contribution < -0.4 is 10.2 Å². The minimum absolute atomic E-state index is 0.00685. The molecule has 0 spiro atoms. The molecule has 1 aliphatic heterocycles. The summed E-state index contributed by atoms with van der Waals surface area (Å²) in [5, 5.41) is 5.68. The minimum atomic E-state index is -0.0530. The fourth-order valence-electron chi connectivity index (χ4n) is 2.74. The number of carbonyl (C=O) groups is 1. The van der Waals surface area contributed by atoms with Crippen LogP contribution in [0.1, 0.15) is 39.3 Å². The van der Waals surface area contributed by atoms with Crippen molar-refractivity contribution < 1.29 is 4.79 Å². The van der Waals surface area contributed by atoms with Gasteiger partial charge in [0.15, 0.2) is 5.13 Å². The van der Waals surface area contributed by atoms with Crippen LogP contribution in [0, 0.1) is 5.92 Å². The molecular formula is C17H23N5OS. The van der Waals surface area contributed by atoms with Crippen LogP contribution in [0.2, 0.25) is 0 Å². The lowest BCUT2D eigenvalue weighted by atomic mass is 9.93. The highest BCUT2D eigenvalue weighted by Gasteiger charge is 2.27. The highest BCUT2D eigenvalue weighted by molar-refractivity contribution is 7.13. The molecular weight excluding hydrogens is 322 g/mol. The predicted molar refractivity (Wildman–Crippen MR) is 96.4 cm³/mol. The van der Waals surface area contributed by atoms with Gasteiger partial charge < -0.3 is 10.2 Å². The Kier molecular flexibility index (Phi) is 4.80. The van der Waals surface area contributed by atoms with Gasteiger partial charge in [-0.05, 0) is 12.8 Å². The Morgan fingerprint density at radius 3 is 2.88 bits per heavy atom. The number of anilines is 2. The quantitative estimate of drug-likeness (QED) is 0.925. The van der Waals surface area contributed by atoms with Gasteiger partial charge in [0.1, 0.15) is 5.82 Å². The molecule has 7 heteroatoms. The smallest absolute Gasteiger partial charge is 0.231 e. The van der Waals surface area contributed by atoms with Crippen molar-refractivity contribution in [3.63, 3.8) is 0 Å². The molecule has 24 heavy (non-hydrogen) atoms. The molecule has 0 bridgehead atoms. The predicted octanol–water partition coefficient (Wildman–Crippen LogP) is 3.09. The van der Waals surface area contributed by atoms with Gasteiger partial charge in [-0.2, -0.15) is 0 Å². The molecule has 1 fully saturated rings. The average molecular weight is 345 g/mol. The fraction of sp³-hybridized carbons (Fsp3) is 0.529. The lowest BCUT2D eigenvalue weighted by Crippen LogP contribution is -2.41. The summed E-state index contributed by atoms with van der Waals surface area (Å²) < 4.78 is 0. The summed E-state index contributed by atoms with van der Waals surface area (Å²) in [7, 11) is 0. The van der Waals surface area contributed by atoms with Crippen LogP contribution in [-0.2, 0) is 10.2 Å². The molecule has 0 unspecified atom stereocenters. The number of aromatic nitrogens is 3. The van der Waals surface area contributed by atoms with Crippen molar-refractivity contribution in [2.24, 2.45) is 5.92 Å². The number of carbonyl (C=O) groups excluding carboxylic acids is 1. The average Bonchev–Trinajstić information content (AvgIpc) is 3.05. The van der Waals surface area contributed by atoms with Gasteiger partial charge >= 0.3 is 0 Å². The van der Waals surface area contributed by atoms with E-state index in [9.17, 15) is 4.79 Å². The molecule has 0 aromatic carbocycles. The fourth-order valence-corrected chi connectivity index (χ4v) is 3.68. The Balaban J connectivity index is 1.63. The Morgan fingerprint density at radius 2 is 2.21 bits per heavy atom. The van der Waals surface area contributed by atoms with Gasteiger partial charge in [0.25, 0.3) is 0 Å². The van der Waals surface area contributed by atoms with E-state index >= 15 is 0 Å². The van der Waals surface area contributed by atoms with Crippen molar-refractivity contribution in [2.75, 3.05) is 23.3 Å². The minimum Gasteiger partial charge on any atom is -0.355 e. The lowest BCUT2D eigenvalue weighted by molar-refractivity contribution is -0.120. The molecule has 0 saturated carbocycles. The number of hydrogen-bond donors (Lipinski definition) is 1. The number of rotatable bonds is 3. The first-order chi connectivity index (χ1) is 11.4. The van der Waals surface area contributed by atoms with E-state index in [2.05, 4.69) is 45.9 Å². The summed E-state index contributed by atoms with van der Waals surface area (Å²) in [5.74, 6) is 0.820. The van der Waals surface area contributed by atoms with Crippen LogP contribution in [0.25, 0.3) is 0 Å². The highest BCUT2D eigenvalue weighted by Crippen LogP contribution is 2.27. The second-order valence-corrected chi connectivity index (χ2v) is 7.98. The molecule has 3 heterocycles. The summed E-state index contributed by atoms with van der Waals surface area (Å²) in [4.78, 5) is 27.7.